The quantitative estimate of drug-likeness (QED) is 0.575. The zero-order valence-electron chi connectivity index (χ0n) is 10.6. The number of benzene rings is 2. The van der Waals surface area contributed by atoms with Crippen LogP contribution in [0, 0.1) is 13.8 Å². The SMILES string of the molecule is Cc1ccc(Br)cc1.Cc1cccc(C(F)(F)F)c1. The molecule has 19 heavy (non-hydrogen) atoms. The molecule has 0 bridgehead atoms. The summed E-state index contributed by atoms with van der Waals surface area (Å²) in [5.74, 6) is 0. The van der Waals surface area contributed by atoms with Crippen molar-refractivity contribution in [3.8, 4) is 0 Å². The van der Waals surface area contributed by atoms with Crippen LogP contribution in [0.15, 0.2) is 53.0 Å². The molecule has 0 saturated heterocycles. The Morgan fingerprint density at radius 1 is 0.842 bits per heavy atom. The summed E-state index contributed by atoms with van der Waals surface area (Å²) in [7, 11) is 0. The van der Waals surface area contributed by atoms with Crippen molar-refractivity contribution in [3.63, 3.8) is 0 Å². The largest absolute Gasteiger partial charge is 0.416 e. The highest BCUT2D eigenvalue weighted by Crippen LogP contribution is 2.29. The Morgan fingerprint density at radius 3 is 1.79 bits per heavy atom. The molecule has 0 heterocycles. The minimum atomic E-state index is -4.22. The van der Waals surface area contributed by atoms with Crippen LogP contribution in [-0.4, -0.2) is 0 Å². The molecule has 0 fully saturated rings. The summed E-state index contributed by atoms with van der Waals surface area (Å²) in [6.07, 6.45) is -4.22. The standard InChI is InChI=1S/C8H7F3.C7H7Br/c1-6-3-2-4-7(5-6)8(9,10)11;1-6-2-4-7(8)5-3-6/h2-5H,1H3;2-5H,1H3. The van der Waals surface area contributed by atoms with Crippen LogP contribution in [-0.2, 0) is 6.18 Å². The van der Waals surface area contributed by atoms with Gasteiger partial charge in [-0.25, -0.2) is 0 Å². The smallest absolute Gasteiger partial charge is 0.166 e. The van der Waals surface area contributed by atoms with Gasteiger partial charge < -0.3 is 0 Å². The fraction of sp³-hybridized carbons (Fsp3) is 0.200. The van der Waals surface area contributed by atoms with Crippen LogP contribution in [0.4, 0.5) is 13.2 Å². The lowest BCUT2D eigenvalue weighted by Gasteiger charge is -2.05. The monoisotopic (exact) mass is 330 g/mol. The van der Waals surface area contributed by atoms with E-state index in [2.05, 4.69) is 35.0 Å². The Kier molecular flexibility index (Phi) is 5.60. The number of aryl methyl sites for hydroxylation is 2. The topological polar surface area (TPSA) is 0 Å². The Balaban J connectivity index is 0.000000200. The Hall–Kier alpha value is -1.29. The zero-order chi connectivity index (χ0) is 14.5. The van der Waals surface area contributed by atoms with Gasteiger partial charge in [0.1, 0.15) is 0 Å². The fourth-order valence-corrected chi connectivity index (χ4v) is 1.62. The van der Waals surface area contributed by atoms with Crippen LogP contribution in [0.2, 0.25) is 0 Å². The van der Waals surface area contributed by atoms with Gasteiger partial charge >= 0.3 is 6.18 Å². The first-order valence-corrected chi connectivity index (χ1v) is 6.44. The second kappa shape index (κ2) is 6.75. The molecule has 0 aliphatic rings. The van der Waals surface area contributed by atoms with Gasteiger partial charge in [-0.05, 0) is 32.0 Å². The molecule has 0 nitrogen and oxygen atoms in total. The average Bonchev–Trinajstić information content (AvgIpc) is 2.33. The lowest BCUT2D eigenvalue weighted by atomic mass is 10.1. The van der Waals surface area contributed by atoms with Crippen molar-refractivity contribution in [1.29, 1.82) is 0 Å². The van der Waals surface area contributed by atoms with E-state index in [-0.39, 0.29) is 0 Å². The van der Waals surface area contributed by atoms with Gasteiger partial charge in [-0.3, -0.25) is 0 Å². The molecule has 0 aromatic heterocycles. The van der Waals surface area contributed by atoms with Gasteiger partial charge in [-0.1, -0.05) is 57.4 Å². The van der Waals surface area contributed by atoms with Crippen molar-refractivity contribution >= 4 is 15.9 Å². The molecule has 2 aromatic carbocycles. The van der Waals surface area contributed by atoms with Gasteiger partial charge in [0.25, 0.3) is 0 Å². The highest BCUT2D eigenvalue weighted by molar-refractivity contribution is 9.10. The predicted molar refractivity (Wildman–Crippen MR) is 75.1 cm³/mol. The van der Waals surface area contributed by atoms with Crippen molar-refractivity contribution < 1.29 is 13.2 Å². The molecule has 102 valence electrons. The van der Waals surface area contributed by atoms with Crippen LogP contribution in [0.5, 0.6) is 0 Å². The normalized spacial score (nSPS) is 10.6. The molecule has 0 aliphatic carbocycles. The first-order valence-electron chi connectivity index (χ1n) is 5.65. The first kappa shape index (κ1) is 15.8. The van der Waals surface area contributed by atoms with E-state index < -0.39 is 11.7 Å². The van der Waals surface area contributed by atoms with Crippen molar-refractivity contribution in [2.24, 2.45) is 0 Å². The summed E-state index contributed by atoms with van der Waals surface area (Å²) in [5.41, 5.74) is 1.34. The molecule has 0 unspecified atom stereocenters. The van der Waals surface area contributed by atoms with Crippen LogP contribution in [0.1, 0.15) is 16.7 Å². The summed E-state index contributed by atoms with van der Waals surface area (Å²) in [6.45, 7) is 3.71. The van der Waals surface area contributed by atoms with Crippen molar-refractivity contribution in [1.82, 2.24) is 0 Å². The molecular formula is C15H14BrF3. The van der Waals surface area contributed by atoms with Gasteiger partial charge in [0.05, 0.1) is 5.56 Å². The lowest BCUT2D eigenvalue weighted by molar-refractivity contribution is -0.137. The molecule has 0 saturated carbocycles. The van der Waals surface area contributed by atoms with Crippen LogP contribution >= 0.6 is 15.9 Å². The number of alkyl halides is 3. The number of hydrogen-bond acceptors (Lipinski definition) is 0. The minimum Gasteiger partial charge on any atom is -0.166 e. The number of hydrogen-bond donors (Lipinski definition) is 0. The molecule has 0 aliphatic heterocycles. The van der Waals surface area contributed by atoms with E-state index in [0.717, 1.165) is 16.6 Å². The van der Waals surface area contributed by atoms with E-state index >= 15 is 0 Å². The minimum absolute atomic E-state index is 0.586. The average molecular weight is 331 g/mol. The second-order valence-corrected chi connectivity index (χ2v) is 5.08. The van der Waals surface area contributed by atoms with E-state index in [0.29, 0.717) is 5.56 Å². The third-order valence-corrected chi connectivity index (χ3v) is 2.88. The Bertz CT molecular complexity index is 495. The van der Waals surface area contributed by atoms with E-state index in [9.17, 15) is 13.2 Å². The molecule has 0 spiro atoms. The zero-order valence-corrected chi connectivity index (χ0v) is 12.2. The third kappa shape index (κ3) is 5.92. The summed E-state index contributed by atoms with van der Waals surface area (Å²) < 4.78 is 37.0. The van der Waals surface area contributed by atoms with Crippen molar-refractivity contribution in [3.05, 3.63) is 69.7 Å². The van der Waals surface area contributed by atoms with Gasteiger partial charge in [-0.15, -0.1) is 0 Å². The van der Waals surface area contributed by atoms with E-state index in [1.807, 2.05) is 12.1 Å². The number of rotatable bonds is 0. The molecule has 0 N–H and O–H groups in total. The third-order valence-electron chi connectivity index (χ3n) is 2.36. The summed E-state index contributed by atoms with van der Waals surface area (Å²) in [6, 6.07) is 13.4. The second-order valence-electron chi connectivity index (χ2n) is 4.16. The maximum atomic E-state index is 12.0. The van der Waals surface area contributed by atoms with E-state index in [4.69, 9.17) is 0 Å². The lowest BCUT2D eigenvalue weighted by Crippen LogP contribution is -2.04. The highest BCUT2D eigenvalue weighted by Gasteiger charge is 2.29. The van der Waals surface area contributed by atoms with Crippen molar-refractivity contribution in [2.75, 3.05) is 0 Å². The molecule has 0 radical (unpaired) electrons. The molecule has 2 aromatic rings. The van der Waals surface area contributed by atoms with Crippen LogP contribution in [0.3, 0.4) is 0 Å². The van der Waals surface area contributed by atoms with Gasteiger partial charge in [0.15, 0.2) is 0 Å². The van der Waals surface area contributed by atoms with Gasteiger partial charge in [-0.2, -0.15) is 13.2 Å². The molecular weight excluding hydrogens is 317 g/mol. The van der Waals surface area contributed by atoms with Crippen molar-refractivity contribution in [2.45, 2.75) is 20.0 Å². The maximum Gasteiger partial charge on any atom is 0.416 e. The van der Waals surface area contributed by atoms with E-state index in [1.165, 1.54) is 11.6 Å². The summed E-state index contributed by atoms with van der Waals surface area (Å²) in [5, 5.41) is 0. The first-order chi connectivity index (χ1) is 8.79. The van der Waals surface area contributed by atoms with Crippen LogP contribution in [0.25, 0.3) is 0 Å². The molecule has 0 amide bonds. The maximum absolute atomic E-state index is 12.0. The molecule has 0 atom stereocenters. The van der Waals surface area contributed by atoms with E-state index in [1.54, 1.807) is 13.0 Å². The Labute approximate surface area is 119 Å². The van der Waals surface area contributed by atoms with Gasteiger partial charge in [0, 0.05) is 4.47 Å². The van der Waals surface area contributed by atoms with Gasteiger partial charge in [0.2, 0.25) is 0 Å². The summed E-state index contributed by atoms with van der Waals surface area (Å²) in [4.78, 5) is 0. The molecule has 4 heteroatoms. The van der Waals surface area contributed by atoms with Crippen LogP contribution < -0.4 is 0 Å². The predicted octanol–water partition coefficient (Wildman–Crippen LogP) is 5.77. The molecule has 2 rings (SSSR count). The Morgan fingerprint density at radius 2 is 1.42 bits per heavy atom. The number of halogens is 4. The summed E-state index contributed by atoms with van der Waals surface area (Å²) >= 11 is 3.35. The highest BCUT2D eigenvalue weighted by atomic mass is 79.9. The fourth-order valence-electron chi connectivity index (χ4n) is 1.35.